The summed E-state index contributed by atoms with van der Waals surface area (Å²) in [6.45, 7) is 2.49. The highest BCUT2D eigenvalue weighted by atomic mass is 16.5. The topological polar surface area (TPSA) is 80.7 Å². The van der Waals surface area contributed by atoms with Crippen molar-refractivity contribution in [3.05, 3.63) is 47.7 Å². The highest BCUT2D eigenvalue weighted by Crippen LogP contribution is 2.56. The molecule has 142 valence electrons. The molecule has 0 amide bonds. The van der Waals surface area contributed by atoms with Crippen molar-refractivity contribution in [1.82, 2.24) is 10.3 Å². The zero-order chi connectivity index (χ0) is 18.8. The van der Waals surface area contributed by atoms with Crippen LogP contribution in [0.25, 0.3) is 0 Å². The third-order valence-corrected chi connectivity index (χ3v) is 6.00. The van der Waals surface area contributed by atoms with Crippen molar-refractivity contribution in [2.24, 2.45) is 17.8 Å². The molecule has 1 aromatic carbocycles. The fourth-order valence-electron chi connectivity index (χ4n) is 4.74. The van der Waals surface area contributed by atoms with Crippen LogP contribution < -0.4 is 14.8 Å². The van der Waals surface area contributed by atoms with Crippen LogP contribution in [-0.4, -0.2) is 43.2 Å². The molecule has 0 spiro atoms. The lowest BCUT2D eigenvalue weighted by Crippen LogP contribution is -2.55. The van der Waals surface area contributed by atoms with Crippen molar-refractivity contribution in [2.45, 2.75) is 12.3 Å². The number of aromatic nitrogens is 1. The molecule has 2 heterocycles. The van der Waals surface area contributed by atoms with E-state index in [0.29, 0.717) is 48.2 Å². The number of pyridine rings is 1. The van der Waals surface area contributed by atoms with Gasteiger partial charge in [0, 0.05) is 17.7 Å². The maximum absolute atomic E-state index is 11.3. The summed E-state index contributed by atoms with van der Waals surface area (Å²) in [7, 11) is 1.65. The summed E-state index contributed by atoms with van der Waals surface area (Å²) < 4.78 is 11.5. The molecule has 2 aromatic rings. The van der Waals surface area contributed by atoms with Crippen LogP contribution in [0, 0.1) is 17.8 Å². The number of carbonyl (C=O) groups is 1. The number of phenolic OH excluding ortho intramolecular Hbond substituents is 1. The monoisotopic (exact) mass is 368 g/mol. The van der Waals surface area contributed by atoms with Crippen molar-refractivity contribution in [3.63, 3.8) is 0 Å². The molecule has 4 rings (SSSR count). The van der Waals surface area contributed by atoms with Crippen molar-refractivity contribution in [3.8, 4) is 17.4 Å². The summed E-state index contributed by atoms with van der Waals surface area (Å²) in [6, 6.07) is 8.93. The molecular formula is C21H24N2O4. The van der Waals surface area contributed by atoms with Crippen LogP contribution in [-0.2, 0) is 0 Å². The Labute approximate surface area is 158 Å². The number of fused-ring (bicyclic) bond motifs is 1. The van der Waals surface area contributed by atoms with E-state index in [9.17, 15) is 9.90 Å². The first-order valence-electron chi connectivity index (χ1n) is 9.34. The minimum Gasteiger partial charge on any atom is -0.507 e. The number of methoxy groups -OCH3 is 1. The average Bonchev–Trinajstić information content (AvgIpc) is 2.69. The van der Waals surface area contributed by atoms with Gasteiger partial charge in [0.25, 0.3) is 0 Å². The lowest BCUT2D eigenvalue weighted by molar-refractivity contribution is -0.0228. The van der Waals surface area contributed by atoms with Gasteiger partial charge >= 0.3 is 0 Å². The smallest absolute Gasteiger partial charge is 0.216 e. The first-order chi connectivity index (χ1) is 13.2. The number of carbonyl (C=O) groups excluding carboxylic acids is 1. The summed E-state index contributed by atoms with van der Waals surface area (Å²) >= 11 is 0. The molecule has 2 fully saturated rings. The number of nitrogens with one attached hydrogen (secondary N) is 1. The van der Waals surface area contributed by atoms with Gasteiger partial charge in [0.1, 0.15) is 11.5 Å². The third-order valence-electron chi connectivity index (χ3n) is 6.00. The van der Waals surface area contributed by atoms with Gasteiger partial charge in [-0.2, -0.15) is 0 Å². The first kappa shape index (κ1) is 17.8. The van der Waals surface area contributed by atoms with E-state index in [-0.39, 0.29) is 11.3 Å². The molecule has 1 aliphatic carbocycles. The van der Waals surface area contributed by atoms with Crippen molar-refractivity contribution >= 4 is 6.29 Å². The van der Waals surface area contributed by atoms with Crippen LogP contribution in [0.1, 0.15) is 28.3 Å². The Kier molecular flexibility index (Phi) is 4.99. The number of hydrogen-bond acceptors (Lipinski definition) is 6. The van der Waals surface area contributed by atoms with E-state index in [4.69, 9.17) is 9.47 Å². The van der Waals surface area contributed by atoms with Crippen LogP contribution in [0.15, 0.2) is 36.5 Å². The fourth-order valence-corrected chi connectivity index (χ4v) is 4.74. The molecule has 27 heavy (non-hydrogen) atoms. The van der Waals surface area contributed by atoms with Crippen LogP contribution in [0.5, 0.6) is 17.4 Å². The van der Waals surface area contributed by atoms with Crippen LogP contribution in [0.3, 0.4) is 0 Å². The quantitative estimate of drug-likeness (QED) is 0.763. The van der Waals surface area contributed by atoms with E-state index >= 15 is 0 Å². The molecule has 2 aliphatic rings. The number of benzene rings is 1. The average molecular weight is 368 g/mol. The van der Waals surface area contributed by atoms with E-state index < -0.39 is 0 Å². The van der Waals surface area contributed by atoms with Crippen LogP contribution in [0.4, 0.5) is 0 Å². The van der Waals surface area contributed by atoms with Gasteiger partial charge in [-0.1, -0.05) is 12.1 Å². The van der Waals surface area contributed by atoms with Gasteiger partial charge in [-0.3, -0.25) is 4.79 Å². The maximum Gasteiger partial charge on any atom is 0.216 e. The van der Waals surface area contributed by atoms with Gasteiger partial charge in [0.05, 0.1) is 19.3 Å². The Balaban J connectivity index is 1.58. The largest absolute Gasteiger partial charge is 0.507 e. The number of aldehydes is 1. The molecule has 1 aliphatic heterocycles. The van der Waals surface area contributed by atoms with Gasteiger partial charge in [-0.05, 0) is 55.5 Å². The number of hydrogen-bond donors (Lipinski definition) is 2. The summed E-state index contributed by atoms with van der Waals surface area (Å²) in [4.78, 5) is 15.7. The lowest BCUT2D eigenvalue weighted by Gasteiger charge is -2.55. The summed E-state index contributed by atoms with van der Waals surface area (Å²) in [5.74, 6) is 2.75. The minimum atomic E-state index is -0.0543. The Bertz CT molecular complexity index is 826. The normalized spacial score (nSPS) is 26.6. The van der Waals surface area contributed by atoms with E-state index in [2.05, 4.69) is 16.4 Å². The van der Waals surface area contributed by atoms with Gasteiger partial charge in [0.15, 0.2) is 6.29 Å². The van der Waals surface area contributed by atoms with Gasteiger partial charge in [0.2, 0.25) is 5.88 Å². The second-order valence-corrected chi connectivity index (χ2v) is 7.23. The molecule has 1 saturated heterocycles. The standard InChI is InChI=1S/C21H24N2O4/c1-26-21-14(4-3-8-23-21)20-15-10-22-9-7-13(15)17(20)12-27-19-6-2-5-18(25)16(19)11-24/h2-6,8,11,13,15,17,20,22,25H,7,9-10,12H2,1H3. The highest BCUT2D eigenvalue weighted by molar-refractivity contribution is 5.83. The molecule has 0 bridgehead atoms. The van der Waals surface area contributed by atoms with Crippen LogP contribution >= 0.6 is 0 Å². The third kappa shape index (κ3) is 3.14. The lowest BCUT2D eigenvalue weighted by atomic mass is 9.53. The van der Waals surface area contributed by atoms with Crippen LogP contribution in [0.2, 0.25) is 0 Å². The van der Waals surface area contributed by atoms with E-state index in [1.807, 2.05) is 6.07 Å². The molecule has 1 saturated carbocycles. The number of aromatic hydroxyl groups is 1. The highest BCUT2D eigenvalue weighted by Gasteiger charge is 2.52. The van der Waals surface area contributed by atoms with E-state index in [0.717, 1.165) is 25.1 Å². The molecule has 4 unspecified atom stereocenters. The Morgan fingerprint density at radius 1 is 1.30 bits per heavy atom. The van der Waals surface area contributed by atoms with Crippen molar-refractivity contribution in [2.75, 3.05) is 26.8 Å². The van der Waals surface area contributed by atoms with Gasteiger partial charge < -0.3 is 19.9 Å². The molecule has 6 nitrogen and oxygen atoms in total. The zero-order valence-electron chi connectivity index (χ0n) is 15.3. The van der Waals surface area contributed by atoms with Gasteiger partial charge in [-0.25, -0.2) is 4.98 Å². The summed E-state index contributed by atoms with van der Waals surface area (Å²) in [5, 5.41) is 13.4. The van der Waals surface area contributed by atoms with E-state index in [1.54, 1.807) is 25.4 Å². The Hall–Kier alpha value is -2.60. The molecule has 1 aromatic heterocycles. The molecule has 4 atom stereocenters. The Morgan fingerprint density at radius 2 is 2.19 bits per heavy atom. The number of phenols is 1. The van der Waals surface area contributed by atoms with Gasteiger partial charge in [-0.15, -0.1) is 0 Å². The van der Waals surface area contributed by atoms with Crippen molar-refractivity contribution in [1.29, 1.82) is 0 Å². The first-order valence-corrected chi connectivity index (χ1v) is 9.34. The molecule has 0 radical (unpaired) electrons. The summed E-state index contributed by atoms with van der Waals surface area (Å²) in [5.41, 5.74) is 1.32. The zero-order valence-corrected chi connectivity index (χ0v) is 15.3. The summed E-state index contributed by atoms with van der Waals surface area (Å²) in [6.07, 6.45) is 3.49. The fraction of sp³-hybridized carbons (Fsp3) is 0.429. The molecule has 6 heteroatoms. The number of piperidine rings is 1. The number of ether oxygens (including phenoxy) is 2. The maximum atomic E-state index is 11.3. The second-order valence-electron chi connectivity index (χ2n) is 7.23. The molecular weight excluding hydrogens is 344 g/mol. The number of rotatable bonds is 6. The molecule has 2 N–H and O–H groups in total. The minimum absolute atomic E-state index is 0.0543. The van der Waals surface area contributed by atoms with E-state index in [1.165, 1.54) is 6.07 Å². The Morgan fingerprint density at radius 3 is 3.00 bits per heavy atom. The second kappa shape index (κ2) is 7.56. The predicted molar refractivity (Wildman–Crippen MR) is 100 cm³/mol. The SMILES string of the molecule is COc1ncccc1C1C2CNCCC2C1COc1cccc(O)c1C=O. The number of nitrogens with zero attached hydrogens (tertiary/aromatic N) is 1. The van der Waals surface area contributed by atoms with Crippen molar-refractivity contribution < 1.29 is 19.4 Å². The predicted octanol–water partition coefficient (Wildman–Crippen LogP) is 2.63.